The van der Waals surface area contributed by atoms with Crippen molar-refractivity contribution in [2.24, 2.45) is 10.9 Å². The number of hydrogen-bond acceptors (Lipinski definition) is 5. The van der Waals surface area contributed by atoms with Crippen molar-refractivity contribution < 1.29 is 9.53 Å². The average Bonchev–Trinajstić information content (AvgIpc) is 2.39. The molecule has 1 amide bonds. The lowest BCUT2D eigenvalue weighted by atomic mass is 10.0. The molecule has 0 saturated heterocycles. The summed E-state index contributed by atoms with van der Waals surface area (Å²) in [6.45, 7) is 0. The minimum atomic E-state index is -0.858. The van der Waals surface area contributed by atoms with Crippen LogP contribution in [0.4, 0.5) is 0 Å². The van der Waals surface area contributed by atoms with Crippen molar-refractivity contribution in [1.82, 2.24) is 9.97 Å². The van der Waals surface area contributed by atoms with E-state index < -0.39 is 11.8 Å². The van der Waals surface area contributed by atoms with Crippen LogP contribution in [0.1, 0.15) is 5.69 Å². The van der Waals surface area contributed by atoms with Gasteiger partial charge in [-0.15, -0.1) is 0 Å². The number of nitriles is 1. The van der Waals surface area contributed by atoms with Crippen LogP contribution in [0.2, 0.25) is 0 Å². The molecule has 1 unspecified atom stereocenters. The van der Waals surface area contributed by atoms with Crippen LogP contribution in [-0.4, -0.2) is 29.2 Å². The van der Waals surface area contributed by atoms with Crippen LogP contribution in [0.5, 0.6) is 5.88 Å². The van der Waals surface area contributed by atoms with Crippen LogP contribution >= 0.6 is 0 Å². The fourth-order valence-electron chi connectivity index (χ4n) is 1.34. The van der Waals surface area contributed by atoms with Gasteiger partial charge in [0, 0.05) is 11.8 Å². The highest BCUT2D eigenvalue weighted by Gasteiger charge is 2.20. The van der Waals surface area contributed by atoms with Crippen molar-refractivity contribution in [3.05, 3.63) is 24.2 Å². The van der Waals surface area contributed by atoms with Crippen molar-refractivity contribution >= 4 is 17.7 Å². The highest BCUT2D eigenvalue weighted by atomic mass is 16.5. The molecule has 0 saturated carbocycles. The second-order valence-corrected chi connectivity index (χ2v) is 3.27. The highest BCUT2D eigenvalue weighted by Crippen LogP contribution is 2.18. The zero-order valence-corrected chi connectivity index (χ0v) is 8.99. The zero-order valence-electron chi connectivity index (χ0n) is 8.99. The highest BCUT2D eigenvalue weighted by molar-refractivity contribution is 6.16. The van der Waals surface area contributed by atoms with Gasteiger partial charge in [0.05, 0.1) is 31.3 Å². The van der Waals surface area contributed by atoms with Gasteiger partial charge in [-0.1, -0.05) is 0 Å². The largest absolute Gasteiger partial charge is 0.480 e. The quantitative estimate of drug-likeness (QED) is 0.740. The van der Waals surface area contributed by atoms with Gasteiger partial charge >= 0.3 is 0 Å². The number of carbonyl (C=O) groups excluding carboxylic acids is 1. The third-order valence-corrected chi connectivity index (χ3v) is 2.20. The van der Waals surface area contributed by atoms with Crippen molar-refractivity contribution in [2.75, 3.05) is 7.11 Å². The summed E-state index contributed by atoms with van der Waals surface area (Å²) in [7, 11) is 1.48. The Hall–Kier alpha value is -2.55. The van der Waals surface area contributed by atoms with Crippen molar-refractivity contribution in [3.8, 4) is 11.9 Å². The number of carbonyl (C=O) groups is 1. The SMILES string of the molecule is COc1cncc(C2=CC(C#N)C(=O)N=C2)n1. The minimum Gasteiger partial charge on any atom is -0.480 e. The summed E-state index contributed by atoms with van der Waals surface area (Å²) >= 11 is 0. The maximum Gasteiger partial charge on any atom is 0.266 e. The Kier molecular flexibility index (Phi) is 2.92. The molecule has 1 aliphatic rings. The summed E-state index contributed by atoms with van der Waals surface area (Å²) in [6.07, 6.45) is 5.87. The molecular weight excluding hydrogens is 220 g/mol. The molecule has 0 aromatic carbocycles. The van der Waals surface area contributed by atoms with Crippen LogP contribution in [0.25, 0.3) is 5.57 Å². The van der Waals surface area contributed by atoms with Crippen molar-refractivity contribution in [2.45, 2.75) is 0 Å². The molecule has 0 spiro atoms. The van der Waals surface area contributed by atoms with E-state index in [1.807, 2.05) is 6.07 Å². The van der Waals surface area contributed by atoms with Gasteiger partial charge in [-0.3, -0.25) is 9.78 Å². The van der Waals surface area contributed by atoms with E-state index in [-0.39, 0.29) is 0 Å². The lowest BCUT2D eigenvalue weighted by Gasteiger charge is -2.08. The number of hydrogen-bond donors (Lipinski definition) is 0. The fourth-order valence-corrected chi connectivity index (χ4v) is 1.34. The first-order valence-corrected chi connectivity index (χ1v) is 4.80. The second-order valence-electron chi connectivity index (χ2n) is 3.27. The molecule has 0 N–H and O–H groups in total. The summed E-state index contributed by atoms with van der Waals surface area (Å²) in [5.74, 6) is -0.961. The Morgan fingerprint density at radius 2 is 2.29 bits per heavy atom. The van der Waals surface area contributed by atoms with Crippen LogP contribution < -0.4 is 4.74 Å². The van der Waals surface area contributed by atoms with Gasteiger partial charge in [0.2, 0.25) is 5.88 Å². The van der Waals surface area contributed by atoms with Crippen LogP contribution in [0.15, 0.2) is 23.5 Å². The second kappa shape index (κ2) is 4.53. The van der Waals surface area contributed by atoms with Crippen molar-refractivity contribution in [1.29, 1.82) is 5.26 Å². The number of aliphatic imine (C=N–C) groups is 1. The predicted molar refractivity (Wildman–Crippen MR) is 59.2 cm³/mol. The Labute approximate surface area is 97.3 Å². The van der Waals surface area contributed by atoms with Crippen LogP contribution in [0.3, 0.4) is 0 Å². The Bertz CT molecular complexity index is 557. The first-order chi connectivity index (χ1) is 8.24. The number of nitrogens with zero attached hydrogens (tertiary/aromatic N) is 4. The van der Waals surface area contributed by atoms with Crippen molar-refractivity contribution in [3.63, 3.8) is 0 Å². The number of methoxy groups -OCH3 is 1. The Balaban J connectivity index is 2.38. The molecule has 1 aromatic heterocycles. The molecule has 1 atom stereocenters. The Morgan fingerprint density at radius 1 is 1.47 bits per heavy atom. The van der Waals surface area contributed by atoms with Gasteiger partial charge in [0.15, 0.2) is 0 Å². The maximum atomic E-state index is 11.2. The molecule has 0 radical (unpaired) electrons. The van der Waals surface area contributed by atoms with E-state index in [0.29, 0.717) is 17.1 Å². The number of rotatable bonds is 2. The van der Waals surface area contributed by atoms with Gasteiger partial charge < -0.3 is 4.74 Å². The summed E-state index contributed by atoms with van der Waals surface area (Å²) < 4.78 is 4.94. The normalized spacial score (nSPS) is 18.5. The molecule has 0 fully saturated rings. The van der Waals surface area contributed by atoms with Gasteiger partial charge in [-0.2, -0.15) is 5.26 Å². The summed E-state index contributed by atoms with van der Waals surface area (Å²) in [6, 6.07) is 1.86. The van der Waals surface area contributed by atoms with Gasteiger partial charge in [0.1, 0.15) is 5.92 Å². The third kappa shape index (κ3) is 2.18. The number of dihydropyridines is 1. The summed E-state index contributed by atoms with van der Waals surface area (Å²) in [5.41, 5.74) is 1.10. The van der Waals surface area contributed by atoms with E-state index in [2.05, 4.69) is 15.0 Å². The molecule has 6 nitrogen and oxygen atoms in total. The zero-order chi connectivity index (χ0) is 12.3. The first kappa shape index (κ1) is 11.0. The van der Waals surface area contributed by atoms with E-state index in [1.165, 1.54) is 31.8 Å². The van der Waals surface area contributed by atoms with Crippen LogP contribution in [0, 0.1) is 17.2 Å². The fraction of sp³-hybridized carbons (Fsp3) is 0.182. The van der Waals surface area contributed by atoms with E-state index in [1.54, 1.807) is 0 Å². The van der Waals surface area contributed by atoms with Gasteiger partial charge in [-0.25, -0.2) is 9.98 Å². The molecule has 6 heteroatoms. The molecule has 1 aromatic rings. The first-order valence-electron chi connectivity index (χ1n) is 4.80. The third-order valence-electron chi connectivity index (χ3n) is 2.20. The molecule has 0 bridgehead atoms. The lowest BCUT2D eigenvalue weighted by Crippen LogP contribution is -2.13. The number of ether oxygens (including phenoxy) is 1. The predicted octanol–water partition coefficient (Wildman–Crippen LogP) is 0.619. The van der Waals surface area contributed by atoms with E-state index in [4.69, 9.17) is 10.00 Å². The molecule has 2 heterocycles. The molecule has 2 rings (SSSR count). The van der Waals surface area contributed by atoms with E-state index in [0.717, 1.165) is 0 Å². The number of amides is 1. The number of allylic oxidation sites excluding steroid dienone is 1. The maximum absolute atomic E-state index is 11.2. The van der Waals surface area contributed by atoms with E-state index >= 15 is 0 Å². The number of aromatic nitrogens is 2. The van der Waals surface area contributed by atoms with Gasteiger partial charge in [-0.05, 0) is 6.08 Å². The monoisotopic (exact) mass is 228 g/mol. The molecule has 1 aliphatic heterocycles. The van der Waals surface area contributed by atoms with Gasteiger partial charge in [0.25, 0.3) is 5.91 Å². The smallest absolute Gasteiger partial charge is 0.266 e. The lowest BCUT2D eigenvalue weighted by molar-refractivity contribution is -0.118. The average molecular weight is 228 g/mol. The molecule has 84 valence electrons. The Morgan fingerprint density at radius 3 is 3.00 bits per heavy atom. The molecule has 17 heavy (non-hydrogen) atoms. The standard InChI is InChI=1S/C11H8N4O2/c1-17-10-6-13-5-9(15-10)8-2-7(3-12)11(16)14-4-8/h2,4-7H,1H3. The summed E-state index contributed by atoms with van der Waals surface area (Å²) in [4.78, 5) is 22.9. The van der Waals surface area contributed by atoms with E-state index in [9.17, 15) is 4.79 Å². The topological polar surface area (TPSA) is 88.2 Å². The minimum absolute atomic E-state index is 0.363. The summed E-state index contributed by atoms with van der Waals surface area (Å²) in [5, 5.41) is 8.78. The molecule has 0 aliphatic carbocycles. The van der Waals surface area contributed by atoms with Crippen LogP contribution in [-0.2, 0) is 4.79 Å². The molecular formula is C11H8N4O2.